The highest BCUT2D eigenvalue weighted by Crippen LogP contribution is 2.40. The van der Waals surface area contributed by atoms with Gasteiger partial charge in [-0.25, -0.2) is 4.79 Å². The topological polar surface area (TPSA) is 80.6 Å². The normalized spacial score (nSPS) is 21.4. The molecule has 1 aromatic heterocycles. The molecular weight excluding hydrogens is 394 g/mol. The summed E-state index contributed by atoms with van der Waals surface area (Å²) in [6.07, 6.45) is 2.23. The number of aryl methyl sites for hydroxylation is 2. The number of Topliss-reactive ketones (excluding diaryl/α,β-unsaturated/α-hetero) is 1. The Morgan fingerprint density at radius 3 is 2.74 bits per heavy atom. The fourth-order valence-electron chi connectivity index (χ4n) is 5.24. The van der Waals surface area contributed by atoms with Gasteiger partial charge in [0.2, 0.25) is 0 Å². The quantitative estimate of drug-likeness (QED) is 0.571. The van der Waals surface area contributed by atoms with Crippen molar-refractivity contribution >= 4 is 17.7 Å². The fourth-order valence-corrected chi connectivity index (χ4v) is 5.24. The third-order valence-corrected chi connectivity index (χ3v) is 6.59. The molecule has 1 aliphatic carbocycles. The van der Waals surface area contributed by atoms with Gasteiger partial charge in [0.15, 0.2) is 5.78 Å². The minimum absolute atomic E-state index is 0.0743. The molecule has 2 aliphatic rings. The second-order valence-electron chi connectivity index (χ2n) is 8.62. The number of imide groups is 1. The number of urea groups is 1. The van der Waals surface area contributed by atoms with Crippen LogP contribution in [0.5, 0.6) is 0 Å². The summed E-state index contributed by atoms with van der Waals surface area (Å²) in [5.74, 6) is -0.576. The summed E-state index contributed by atoms with van der Waals surface area (Å²) in [4.78, 5) is 40.5. The Kier molecular flexibility index (Phi) is 5.47. The Morgan fingerprint density at radius 2 is 2.00 bits per heavy atom. The van der Waals surface area contributed by atoms with Gasteiger partial charge in [-0.1, -0.05) is 24.3 Å². The van der Waals surface area contributed by atoms with E-state index in [2.05, 4.69) is 9.88 Å². The highest BCUT2D eigenvalue weighted by Gasteiger charge is 2.54. The van der Waals surface area contributed by atoms with E-state index in [4.69, 9.17) is 4.74 Å². The molecule has 2 atom stereocenters. The lowest BCUT2D eigenvalue weighted by Gasteiger charge is -2.33. The second kappa shape index (κ2) is 7.96. The van der Waals surface area contributed by atoms with Crippen molar-refractivity contribution in [1.82, 2.24) is 14.8 Å². The molecule has 3 amide bonds. The number of rotatable bonds is 6. The van der Waals surface area contributed by atoms with Crippen LogP contribution in [0.4, 0.5) is 4.79 Å². The van der Waals surface area contributed by atoms with Crippen LogP contribution in [0.2, 0.25) is 0 Å². The average molecular weight is 424 g/mol. The minimum Gasteiger partial charge on any atom is -0.383 e. The van der Waals surface area contributed by atoms with Crippen molar-refractivity contribution < 1.29 is 19.1 Å². The summed E-state index contributed by atoms with van der Waals surface area (Å²) < 4.78 is 7.31. The predicted molar refractivity (Wildman–Crippen MR) is 116 cm³/mol. The lowest BCUT2D eigenvalue weighted by Crippen LogP contribution is -2.46. The number of amides is 3. The van der Waals surface area contributed by atoms with Gasteiger partial charge in [0.1, 0.15) is 5.54 Å². The van der Waals surface area contributed by atoms with E-state index in [1.54, 1.807) is 7.11 Å². The van der Waals surface area contributed by atoms with Gasteiger partial charge in [-0.15, -0.1) is 0 Å². The summed E-state index contributed by atoms with van der Waals surface area (Å²) in [7, 11) is 1.65. The molecule has 164 valence electrons. The molecule has 1 saturated heterocycles. The van der Waals surface area contributed by atoms with Gasteiger partial charge in [0, 0.05) is 24.1 Å². The van der Waals surface area contributed by atoms with Crippen LogP contribution in [0.1, 0.15) is 58.7 Å². The number of hydrogen-bond donors (Lipinski definition) is 1. The maximum Gasteiger partial charge on any atom is 0.325 e. The first-order valence-corrected chi connectivity index (χ1v) is 10.7. The van der Waals surface area contributed by atoms with Crippen LogP contribution in [-0.4, -0.2) is 47.4 Å². The standard InChI is InChI=1S/C24H29N3O4/c1-15-12-19(17(3)27(15)16(2)14-31-4)21(28)13-26-22(29)24(25-23(26)30)11-7-9-18-8-5-6-10-20(18)24/h5-6,8,10,12,16H,7,9,11,13-14H2,1-4H3,(H,25,30)/t16-,24-/m0/s1. The molecule has 7 heteroatoms. The van der Waals surface area contributed by atoms with Crippen molar-refractivity contribution in [2.45, 2.75) is 51.6 Å². The molecule has 1 aliphatic heterocycles. The average Bonchev–Trinajstić information content (AvgIpc) is 3.16. The molecule has 0 saturated carbocycles. The van der Waals surface area contributed by atoms with Gasteiger partial charge in [-0.3, -0.25) is 14.5 Å². The van der Waals surface area contributed by atoms with Crippen molar-refractivity contribution in [3.8, 4) is 0 Å². The first kappa shape index (κ1) is 21.3. The summed E-state index contributed by atoms with van der Waals surface area (Å²) in [5.41, 5.74) is 3.16. The Hall–Kier alpha value is -2.93. The van der Waals surface area contributed by atoms with Crippen molar-refractivity contribution in [3.05, 3.63) is 58.4 Å². The molecule has 1 N–H and O–H groups in total. The van der Waals surface area contributed by atoms with Crippen LogP contribution in [0.3, 0.4) is 0 Å². The van der Waals surface area contributed by atoms with Gasteiger partial charge in [-0.2, -0.15) is 0 Å². The summed E-state index contributed by atoms with van der Waals surface area (Å²) in [5, 5.41) is 2.91. The SMILES string of the molecule is COC[C@H](C)n1c(C)cc(C(=O)CN2C(=O)N[C@]3(CCCc4ccccc43)C2=O)c1C. The monoisotopic (exact) mass is 423 g/mol. The van der Waals surface area contributed by atoms with Crippen LogP contribution in [-0.2, 0) is 21.5 Å². The molecular formula is C24H29N3O4. The Balaban J connectivity index is 1.60. The predicted octanol–water partition coefficient (Wildman–Crippen LogP) is 3.28. The van der Waals surface area contributed by atoms with E-state index >= 15 is 0 Å². The Labute approximate surface area is 182 Å². The summed E-state index contributed by atoms with van der Waals surface area (Å²) in [6.45, 7) is 6.12. The lowest BCUT2D eigenvalue weighted by atomic mass is 9.76. The summed E-state index contributed by atoms with van der Waals surface area (Å²) >= 11 is 0. The lowest BCUT2D eigenvalue weighted by molar-refractivity contribution is -0.131. The van der Waals surface area contributed by atoms with Gasteiger partial charge in [-0.05, 0) is 57.2 Å². The maximum atomic E-state index is 13.4. The van der Waals surface area contributed by atoms with E-state index in [1.807, 2.05) is 51.1 Å². The van der Waals surface area contributed by atoms with E-state index < -0.39 is 11.6 Å². The van der Waals surface area contributed by atoms with Crippen molar-refractivity contribution in [3.63, 3.8) is 0 Å². The van der Waals surface area contributed by atoms with E-state index in [0.29, 0.717) is 18.6 Å². The number of nitrogens with one attached hydrogen (secondary N) is 1. The second-order valence-corrected chi connectivity index (χ2v) is 8.62. The van der Waals surface area contributed by atoms with Gasteiger partial charge >= 0.3 is 6.03 Å². The number of carbonyl (C=O) groups excluding carboxylic acids is 3. The van der Waals surface area contributed by atoms with Gasteiger partial charge < -0.3 is 14.6 Å². The van der Waals surface area contributed by atoms with Crippen molar-refractivity contribution in [2.75, 3.05) is 20.3 Å². The van der Waals surface area contributed by atoms with Crippen molar-refractivity contribution in [1.29, 1.82) is 0 Å². The highest BCUT2D eigenvalue weighted by molar-refractivity contribution is 6.11. The molecule has 31 heavy (non-hydrogen) atoms. The maximum absolute atomic E-state index is 13.4. The Morgan fingerprint density at radius 1 is 1.26 bits per heavy atom. The van der Waals surface area contributed by atoms with Gasteiger partial charge in [0.05, 0.1) is 19.2 Å². The summed E-state index contributed by atoms with van der Waals surface area (Å²) in [6, 6.07) is 9.13. The molecule has 2 aromatic rings. The minimum atomic E-state index is -1.06. The molecule has 0 radical (unpaired) electrons. The number of fused-ring (bicyclic) bond motifs is 2. The fraction of sp³-hybridized carbons (Fsp3) is 0.458. The molecule has 4 rings (SSSR count). The molecule has 1 fully saturated rings. The first-order valence-electron chi connectivity index (χ1n) is 10.7. The molecule has 7 nitrogen and oxygen atoms in total. The number of benzene rings is 1. The molecule has 2 heterocycles. The number of ketones is 1. The smallest absolute Gasteiger partial charge is 0.325 e. The number of carbonyl (C=O) groups is 3. The number of aromatic nitrogens is 1. The van der Waals surface area contributed by atoms with Crippen LogP contribution in [0.15, 0.2) is 30.3 Å². The number of hydrogen-bond acceptors (Lipinski definition) is 4. The van der Waals surface area contributed by atoms with E-state index in [-0.39, 0.29) is 24.3 Å². The zero-order valence-corrected chi connectivity index (χ0v) is 18.5. The third kappa shape index (κ3) is 3.37. The van der Waals surface area contributed by atoms with Crippen LogP contribution in [0.25, 0.3) is 0 Å². The highest BCUT2D eigenvalue weighted by atomic mass is 16.5. The van der Waals surface area contributed by atoms with Crippen LogP contribution in [0, 0.1) is 13.8 Å². The van der Waals surface area contributed by atoms with Crippen LogP contribution >= 0.6 is 0 Å². The van der Waals surface area contributed by atoms with Gasteiger partial charge in [0.25, 0.3) is 5.91 Å². The van der Waals surface area contributed by atoms with E-state index in [9.17, 15) is 14.4 Å². The van der Waals surface area contributed by atoms with Crippen LogP contribution < -0.4 is 5.32 Å². The molecule has 0 bridgehead atoms. The number of ether oxygens (including phenoxy) is 1. The molecule has 1 spiro atoms. The number of methoxy groups -OCH3 is 1. The largest absolute Gasteiger partial charge is 0.383 e. The molecule has 0 unspecified atom stereocenters. The van der Waals surface area contributed by atoms with E-state index in [1.165, 1.54) is 0 Å². The third-order valence-electron chi connectivity index (χ3n) is 6.59. The first-order chi connectivity index (χ1) is 14.8. The van der Waals surface area contributed by atoms with Crippen molar-refractivity contribution in [2.24, 2.45) is 0 Å². The zero-order chi connectivity index (χ0) is 22.3. The molecule has 1 aromatic carbocycles. The van der Waals surface area contributed by atoms with E-state index in [0.717, 1.165) is 40.3 Å². The Bertz CT molecular complexity index is 1060. The zero-order valence-electron chi connectivity index (χ0n) is 18.5. The number of nitrogens with zero attached hydrogens (tertiary/aromatic N) is 2.